The number of carbonyl (C=O) groups is 2. The Morgan fingerprint density at radius 1 is 1.21 bits per heavy atom. The number of carbonyl (C=O) groups excluding carboxylic acids is 2. The van der Waals surface area contributed by atoms with Crippen molar-refractivity contribution in [2.24, 2.45) is 0 Å². The fraction of sp³-hybridized carbons (Fsp3) is 0.333. The van der Waals surface area contributed by atoms with Gasteiger partial charge in [0.25, 0.3) is 0 Å². The van der Waals surface area contributed by atoms with Crippen LogP contribution < -0.4 is 5.32 Å². The third-order valence-electron chi connectivity index (χ3n) is 5.24. The number of benzene rings is 1. The molecular formula is C21H22ClN5O2. The molecule has 1 aliphatic rings. The Hall–Kier alpha value is -2.93. The van der Waals surface area contributed by atoms with Crippen molar-refractivity contribution in [3.05, 3.63) is 65.1 Å². The number of fused-ring (bicyclic) bond motifs is 1. The van der Waals surface area contributed by atoms with Gasteiger partial charge in [0.15, 0.2) is 11.5 Å². The van der Waals surface area contributed by atoms with Gasteiger partial charge in [-0.1, -0.05) is 29.8 Å². The summed E-state index contributed by atoms with van der Waals surface area (Å²) in [7, 11) is 0. The van der Waals surface area contributed by atoms with E-state index in [1.807, 2.05) is 45.8 Å². The molecule has 29 heavy (non-hydrogen) atoms. The van der Waals surface area contributed by atoms with E-state index in [1.54, 1.807) is 12.1 Å². The number of likely N-dealkylation sites (tertiary alicyclic amines) is 1. The molecule has 7 nitrogen and oxygen atoms in total. The van der Waals surface area contributed by atoms with Gasteiger partial charge in [0, 0.05) is 24.7 Å². The first kappa shape index (κ1) is 19.4. The normalized spacial score (nSPS) is 17.4. The smallest absolute Gasteiger partial charge is 0.225 e. The van der Waals surface area contributed by atoms with Crippen molar-refractivity contribution >= 4 is 29.1 Å². The van der Waals surface area contributed by atoms with E-state index in [4.69, 9.17) is 11.6 Å². The molecule has 2 aromatic heterocycles. The van der Waals surface area contributed by atoms with Crippen LogP contribution in [0.15, 0.2) is 48.7 Å². The van der Waals surface area contributed by atoms with E-state index in [9.17, 15) is 9.59 Å². The minimum atomic E-state index is -0.409. The average molecular weight is 412 g/mol. The molecule has 1 aliphatic heterocycles. The number of amides is 2. The van der Waals surface area contributed by atoms with Gasteiger partial charge in [-0.05, 0) is 42.7 Å². The summed E-state index contributed by atoms with van der Waals surface area (Å²) in [6, 6.07) is 12.4. The van der Waals surface area contributed by atoms with Crippen LogP contribution in [0.3, 0.4) is 0 Å². The highest BCUT2D eigenvalue weighted by Gasteiger charge is 2.34. The molecule has 1 fully saturated rings. The lowest BCUT2D eigenvalue weighted by molar-refractivity contribution is -0.133. The molecule has 4 rings (SSSR count). The topological polar surface area (TPSA) is 79.6 Å². The van der Waals surface area contributed by atoms with Crippen molar-refractivity contribution in [3.8, 4) is 0 Å². The number of rotatable bonds is 5. The highest BCUT2D eigenvalue weighted by molar-refractivity contribution is 6.30. The van der Waals surface area contributed by atoms with Crippen LogP contribution in [0.5, 0.6) is 0 Å². The molecule has 1 aromatic carbocycles. The van der Waals surface area contributed by atoms with Crippen molar-refractivity contribution in [3.63, 3.8) is 0 Å². The number of nitrogens with one attached hydrogen (secondary N) is 1. The molecule has 150 valence electrons. The number of hydrogen-bond acceptors (Lipinski definition) is 4. The third kappa shape index (κ3) is 4.10. The first-order chi connectivity index (χ1) is 14.0. The van der Waals surface area contributed by atoms with Crippen LogP contribution >= 0.6 is 11.6 Å². The number of hydrogen-bond donors (Lipinski definition) is 1. The fourth-order valence-corrected chi connectivity index (χ4v) is 4.03. The van der Waals surface area contributed by atoms with E-state index in [0.29, 0.717) is 11.6 Å². The van der Waals surface area contributed by atoms with Gasteiger partial charge in [-0.2, -0.15) is 0 Å². The zero-order chi connectivity index (χ0) is 20.4. The van der Waals surface area contributed by atoms with Gasteiger partial charge >= 0.3 is 0 Å². The van der Waals surface area contributed by atoms with Gasteiger partial charge in [-0.25, -0.2) is 0 Å². The maximum absolute atomic E-state index is 13.2. The summed E-state index contributed by atoms with van der Waals surface area (Å²) in [6.07, 6.45) is 3.84. The van der Waals surface area contributed by atoms with Gasteiger partial charge in [0.05, 0.1) is 18.5 Å². The second-order valence-corrected chi connectivity index (χ2v) is 7.68. The van der Waals surface area contributed by atoms with Crippen molar-refractivity contribution < 1.29 is 9.59 Å². The van der Waals surface area contributed by atoms with Crippen LogP contribution in [-0.4, -0.2) is 37.9 Å². The SMILES string of the molecule is CC(=O)NC(CC(=O)N1CCCC1c1nnc2ccccn12)c1ccc(Cl)cc1. The Balaban J connectivity index is 1.56. The lowest BCUT2D eigenvalue weighted by Gasteiger charge is -2.26. The summed E-state index contributed by atoms with van der Waals surface area (Å²) in [6.45, 7) is 2.12. The predicted molar refractivity (Wildman–Crippen MR) is 109 cm³/mol. The van der Waals surface area contributed by atoms with Crippen LogP contribution in [0.25, 0.3) is 5.65 Å². The average Bonchev–Trinajstić information content (AvgIpc) is 3.34. The Bertz CT molecular complexity index is 1030. The maximum atomic E-state index is 13.2. The molecule has 8 heteroatoms. The van der Waals surface area contributed by atoms with E-state index in [0.717, 1.165) is 29.9 Å². The van der Waals surface area contributed by atoms with Gasteiger partial charge in [-0.15, -0.1) is 10.2 Å². The molecule has 2 atom stereocenters. The van der Waals surface area contributed by atoms with Gasteiger partial charge < -0.3 is 10.2 Å². The number of aromatic nitrogens is 3. The summed E-state index contributed by atoms with van der Waals surface area (Å²) in [5.74, 6) is 0.571. The Kier molecular flexibility index (Phi) is 5.49. The number of pyridine rings is 1. The quantitative estimate of drug-likeness (QED) is 0.698. The molecule has 0 bridgehead atoms. The molecule has 0 radical (unpaired) electrons. The number of halogens is 1. The molecule has 0 aliphatic carbocycles. The minimum Gasteiger partial charge on any atom is -0.349 e. The molecule has 1 saturated heterocycles. The Morgan fingerprint density at radius 3 is 2.76 bits per heavy atom. The molecule has 0 spiro atoms. The van der Waals surface area contributed by atoms with Gasteiger partial charge in [0.2, 0.25) is 11.8 Å². The van der Waals surface area contributed by atoms with Crippen LogP contribution in [0, 0.1) is 0 Å². The Morgan fingerprint density at radius 2 is 2.00 bits per heavy atom. The number of nitrogens with zero attached hydrogens (tertiary/aromatic N) is 4. The van der Waals surface area contributed by atoms with Crippen molar-refractivity contribution in [2.45, 2.75) is 38.3 Å². The highest BCUT2D eigenvalue weighted by atomic mass is 35.5. The molecule has 0 saturated carbocycles. The van der Waals surface area contributed by atoms with E-state index < -0.39 is 6.04 Å². The van der Waals surface area contributed by atoms with E-state index in [1.165, 1.54) is 6.92 Å². The second kappa shape index (κ2) is 8.21. The molecule has 3 heterocycles. The first-order valence-corrected chi connectivity index (χ1v) is 10.0. The van der Waals surface area contributed by atoms with Crippen molar-refractivity contribution in [1.82, 2.24) is 24.8 Å². The molecular weight excluding hydrogens is 390 g/mol. The summed E-state index contributed by atoms with van der Waals surface area (Å²) in [5, 5.41) is 12.1. The zero-order valence-electron chi connectivity index (χ0n) is 16.1. The van der Waals surface area contributed by atoms with E-state index in [2.05, 4.69) is 15.5 Å². The molecule has 3 aromatic rings. The van der Waals surface area contributed by atoms with E-state index >= 15 is 0 Å². The lowest BCUT2D eigenvalue weighted by atomic mass is 10.0. The lowest BCUT2D eigenvalue weighted by Crippen LogP contribution is -2.36. The van der Waals surface area contributed by atoms with Crippen molar-refractivity contribution in [2.75, 3.05) is 6.54 Å². The second-order valence-electron chi connectivity index (χ2n) is 7.24. The molecule has 2 unspecified atom stereocenters. The first-order valence-electron chi connectivity index (χ1n) is 9.64. The third-order valence-corrected chi connectivity index (χ3v) is 5.49. The van der Waals surface area contributed by atoms with Gasteiger partial charge in [0.1, 0.15) is 0 Å². The largest absolute Gasteiger partial charge is 0.349 e. The van der Waals surface area contributed by atoms with Crippen LogP contribution in [0.1, 0.15) is 49.7 Å². The Labute approximate surface area is 173 Å². The highest BCUT2D eigenvalue weighted by Crippen LogP contribution is 2.33. The molecule has 1 N–H and O–H groups in total. The minimum absolute atomic E-state index is 0.0196. The summed E-state index contributed by atoms with van der Waals surface area (Å²) in [4.78, 5) is 26.8. The van der Waals surface area contributed by atoms with Crippen LogP contribution in [0.2, 0.25) is 5.02 Å². The fourth-order valence-electron chi connectivity index (χ4n) is 3.91. The van der Waals surface area contributed by atoms with Gasteiger partial charge in [-0.3, -0.25) is 14.0 Å². The van der Waals surface area contributed by atoms with Crippen LogP contribution in [0.4, 0.5) is 0 Å². The standard InChI is InChI=1S/C21H22ClN5O2/c1-14(28)23-17(15-7-9-16(22)10-8-15)13-20(29)26-12-4-5-18(26)21-25-24-19-6-2-3-11-27(19)21/h2-3,6-11,17-18H,4-5,12-13H2,1H3,(H,23,28). The zero-order valence-corrected chi connectivity index (χ0v) is 16.8. The predicted octanol–water partition coefficient (Wildman–Crippen LogP) is 3.31. The maximum Gasteiger partial charge on any atom is 0.225 e. The monoisotopic (exact) mass is 411 g/mol. The summed E-state index contributed by atoms with van der Waals surface area (Å²) >= 11 is 5.98. The van der Waals surface area contributed by atoms with Crippen LogP contribution in [-0.2, 0) is 9.59 Å². The van der Waals surface area contributed by atoms with Crippen molar-refractivity contribution in [1.29, 1.82) is 0 Å². The summed E-state index contributed by atoms with van der Waals surface area (Å²) < 4.78 is 1.93. The van der Waals surface area contributed by atoms with E-state index in [-0.39, 0.29) is 24.3 Å². The summed E-state index contributed by atoms with van der Waals surface area (Å²) in [5.41, 5.74) is 1.61. The molecule has 2 amide bonds.